The summed E-state index contributed by atoms with van der Waals surface area (Å²) in [6.45, 7) is 28.8. The molecule has 6 heteroatoms. The maximum atomic E-state index is 7.13. The number of nitrogens with zero attached hydrogens (tertiary/aromatic N) is 3. The number of fused-ring (bicyclic) bond motifs is 22. The second-order valence-electron chi connectivity index (χ2n) is 26.2. The number of imidazole rings is 1. The van der Waals surface area contributed by atoms with E-state index in [0.717, 1.165) is 47.0 Å². The molecular formula is C71H71N3O2Si+2. The van der Waals surface area contributed by atoms with E-state index in [2.05, 4.69) is 241 Å². The highest BCUT2D eigenvalue weighted by Crippen LogP contribution is 2.55. The maximum Gasteiger partial charge on any atom is 0.300 e. The molecule has 7 aromatic carbocycles. The zero-order valence-corrected chi connectivity index (χ0v) is 48.0. The van der Waals surface area contributed by atoms with Gasteiger partial charge in [0.1, 0.15) is 33.7 Å². The number of hydrogen-bond acceptors (Lipinski definition) is 2. The van der Waals surface area contributed by atoms with Crippen molar-refractivity contribution < 1.29 is 18.0 Å². The lowest BCUT2D eigenvalue weighted by Gasteiger charge is -2.29. The SMILES string of the molecule is CC(C)Cc1cc2[n+](cc1[Si](C)(C)C)C1Cc3c(c4cc5oc6ccc(CC(C)(C)C)cc6c5cc4c4n3c3ccccc3[n+]4-c3c(C(C)C)cc(-c4ccccc4)cc3C(C)C)C1c1ccc3c(oc4ccccc43)c1-2. The number of hydrogen-bond donors (Lipinski definition) is 0. The Bertz CT molecular complexity index is 4410. The van der Waals surface area contributed by atoms with Gasteiger partial charge < -0.3 is 8.83 Å². The minimum Gasteiger partial charge on any atom is -0.456 e. The summed E-state index contributed by atoms with van der Waals surface area (Å²) in [7, 11) is -1.84. The molecule has 6 heterocycles. The first-order chi connectivity index (χ1) is 36.9. The standard InChI is InChI=1S/C71H71N3O2Si/c1-40(2)30-46-34-58-67-49(28-27-48-47-22-16-19-25-61(47)76-69(48)67)65-59(72(58)39-64(46)77(10,11)12)37-60-66(65)54-36-63-53(52-31-43(38-71(7,8)9)26-29-62(52)75-63)35-55(54)70-73(60)56-23-17-18-24-57(56)74(70)68-50(41(3)4)32-45(33-51(68)42(5)6)44-20-14-13-15-21-44/h13-29,31-36,39-42,59,65H,30,37-38H2,1-12H3/q+2. The Labute approximate surface area is 453 Å². The molecule has 0 saturated carbocycles. The topological polar surface area (TPSA) is 38.5 Å². The number of aromatic nitrogens is 3. The van der Waals surface area contributed by atoms with Crippen LogP contribution in [0.3, 0.4) is 0 Å². The molecule has 77 heavy (non-hydrogen) atoms. The molecule has 2 unspecified atom stereocenters. The van der Waals surface area contributed by atoms with Gasteiger partial charge in [0.25, 0.3) is 0 Å². The molecule has 1 aliphatic carbocycles. The molecule has 0 amide bonds. The quantitative estimate of drug-likeness (QED) is 0.112. The first-order valence-corrected chi connectivity index (χ1v) is 32.0. The zero-order valence-electron chi connectivity index (χ0n) is 47.0. The van der Waals surface area contributed by atoms with Gasteiger partial charge in [0.2, 0.25) is 5.69 Å². The van der Waals surface area contributed by atoms with E-state index in [4.69, 9.17) is 8.83 Å². The van der Waals surface area contributed by atoms with Crippen molar-refractivity contribution in [3.05, 3.63) is 185 Å². The van der Waals surface area contributed by atoms with Crippen molar-refractivity contribution in [1.82, 2.24) is 4.40 Å². The largest absolute Gasteiger partial charge is 0.456 e. The fourth-order valence-electron chi connectivity index (χ4n) is 14.2. The lowest BCUT2D eigenvalue weighted by Crippen LogP contribution is -2.53. The Hall–Kier alpha value is -7.28. The Balaban J connectivity index is 1.16. The minimum atomic E-state index is -1.84. The molecule has 384 valence electrons. The first-order valence-electron chi connectivity index (χ1n) is 28.5. The monoisotopic (exact) mass is 1030 g/mol. The second-order valence-corrected chi connectivity index (χ2v) is 31.2. The Kier molecular flexibility index (Phi) is 10.7. The van der Waals surface area contributed by atoms with Crippen LogP contribution < -0.4 is 14.3 Å². The summed E-state index contributed by atoms with van der Waals surface area (Å²) in [6, 6.07) is 53.2. The van der Waals surface area contributed by atoms with E-state index in [1.165, 1.54) is 111 Å². The van der Waals surface area contributed by atoms with Crippen LogP contribution in [-0.2, 0) is 19.3 Å². The van der Waals surface area contributed by atoms with Crippen molar-refractivity contribution in [3.8, 4) is 28.1 Å². The smallest absolute Gasteiger partial charge is 0.300 e. The van der Waals surface area contributed by atoms with Crippen LogP contribution in [0.15, 0.2) is 155 Å². The van der Waals surface area contributed by atoms with Gasteiger partial charge in [-0.2, -0.15) is 13.5 Å². The van der Waals surface area contributed by atoms with E-state index >= 15 is 0 Å². The number of benzene rings is 7. The van der Waals surface area contributed by atoms with E-state index in [9.17, 15) is 0 Å². The molecular weight excluding hydrogens is 955 g/mol. The van der Waals surface area contributed by atoms with Gasteiger partial charge in [0, 0.05) is 54.9 Å². The van der Waals surface area contributed by atoms with Gasteiger partial charge >= 0.3 is 5.65 Å². The van der Waals surface area contributed by atoms with Gasteiger partial charge in [-0.15, -0.1) is 0 Å². The molecule has 12 aromatic rings. The lowest BCUT2D eigenvalue weighted by molar-refractivity contribution is -0.714. The molecule has 0 radical (unpaired) electrons. The Morgan fingerprint density at radius 3 is 2.06 bits per heavy atom. The van der Waals surface area contributed by atoms with E-state index in [1.807, 2.05) is 0 Å². The van der Waals surface area contributed by atoms with Crippen molar-refractivity contribution in [2.45, 2.75) is 125 Å². The number of furan rings is 2. The van der Waals surface area contributed by atoms with Gasteiger partial charge in [-0.05, 0) is 118 Å². The van der Waals surface area contributed by atoms with Crippen LogP contribution >= 0.6 is 0 Å². The molecule has 0 N–H and O–H groups in total. The fourth-order valence-corrected chi connectivity index (χ4v) is 15.8. The Morgan fingerprint density at radius 1 is 0.636 bits per heavy atom. The van der Waals surface area contributed by atoms with Crippen LogP contribution in [0, 0.1) is 11.3 Å². The summed E-state index contributed by atoms with van der Waals surface area (Å²) < 4.78 is 22.3. The predicted molar refractivity (Wildman–Crippen MR) is 323 cm³/mol. The van der Waals surface area contributed by atoms with E-state index in [1.54, 1.807) is 5.19 Å². The third kappa shape index (κ3) is 7.37. The van der Waals surface area contributed by atoms with Crippen molar-refractivity contribution >= 4 is 84.6 Å². The fraction of sp³-hybridized carbons (Fsp3) is 0.296. The third-order valence-electron chi connectivity index (χ3n) is 17.3. The average molecular weight is 1030 g/mol. The van der Waals surface area contributed by atoms with E-state index < -0.39 is 8.07 Å². The highest BCUT2D eigenvalue weighted by molar-refractivity contribution is 6.89. The molecule has 0 fully saturated rings. The van der Waals surface area contributed by atoms with E-state index in [0.29, 0.717) is 5.92 Å². The van der Waals surface area contributed by atoms with Crippen molar-refractivity contribution in [2.24, 2.45) is 11.3 Å². The van der Waals surface area contributed by atoms with Crippen LogP contribution in [-0.4, -0.2) is 12.5 Å². The van der Waals surface area contributed by atoms with E-state index in [-0.39, 0.29) is 29.2 Å². The van der Waals surface area contributed by atoms with Crippen LogP contribution in [0.25, 0.3) is 99.4 Å². The van der Waals surface area contributed by atoms with Gasteiger partial charge in [-0.25, -0.2) is 0 Å². The molecule has 5 nitrogen and oxygen atoms in total. The average Bonchev–Trinajstić information content (AvgIpc) is 4.36. The summed E-state index contributed by atoms with van der Waals surface area (Å²) in [6.07, 6.45) is 5.52. The molecule has 2 aliphatic rings. The van der Waals surface area contributed by atoms with Crippen molar-refractivity contribution in [1.29, 1.82) is 0 Å². The van der Waals surface area contributed by atoms with Crippen molar-refractivity contribution in [2.75, 3.05) is 0 Å². The molecule has 5 aromatic heterocycles. The number of para-hydroxylation sites is 3. The molecule has 0 saturated heterocycles. The maximum absolute atomic E-state index is 7.13. The molecule has 14 rings (SSSR count). The van der Waals surface area contributed by atoms with Crippen LogP contribution in [0.4, 0.5) is 0 Å². The minimum absolute atomic E-state index is 0.0323. The van der Waals surface area contributed by atoms with Crippen LogP contribution in [0.1, 0.15) is 125 Å². The Morgan fingerprint density at radius 2 is 1.34 bits per heavy atom. The summed E-state index contributed by atoms with van der Waals surface area (Å²) in [5.41, 5.74) is 23.6. The van der Waals surface area contributed by atoms with Gasteiger partial charge in [-0.3, -0.25) is 0 Å². The highest BCUT2D eigenvalue weighted by Gasteiger charge is 2.52. The number of rotatable bonds is 8. The summed E-state index contributed by atoms with van der Waals surface area (Å²) >= 11 is 0. The van der Waals surface area contributed by atoms with Crippen LogP contribution in [0.5, 0.6) is 0 Å². The van der Waals surface area contributed by atoms with Gasteiger partial charge in [-0.1, -0.05) is 161 Å². The third-order valence-corrected chi connectivity index (χ3v) is 19.4. The first kappa shape index (κ1) is 48.1. The lowest BCUT2D eigenvalue weighted by atomic mass is 9.80. The zero-order chi connectivity index (χ0) is 53.1. The highest BCUT2D eigenvalue weighted by atomic mass is 28.3. The summed E-state index contributed by atoms with van der Waals surface area (Å²) in [5, 5.41) is 8.74. The molecule has 1 aliphatic heterocycles. The molecule has 0 bridgehead atoms. The van der Waals surface area contributed by atoms with Crippen molar-refractivity contribution in [3.63, 3.8) is 0 Å². The van der Waals surface area contributed by atoms with Gasteiger partial charge in [0.15, 0.2) is 23.3 Å². The van der Waals surface area contributed by atoms with Gasteiger partial charge in [0.05, 0.1) is 31.4 Å². The normalized spacial score (nSPS) is 15.7. The molecule has 2 atom stereocenters. The number of pyridine rings is 2. The van der Waals surface area contributed by atoms with Crippen LogP contribution in [0.2, 0.25) is 19.6 Å². The molecule has 0 spiro atoms. The summed E-state index contributed by atoms with van der Waals surface area (Å²) in [4.78, 5) is 0. The second kappa shape index (κ2) is 17.1. The predicted octanol–water partition coefficient (Wildman–Crippen LogP) is 17.8. The summed E-state index contributed by atoms with van der Waals surface area (Å²) in [5.74, 6) is 1.06.